The average molecular weight is 394 g/mol. The van der Waals surface area contributed by atoms with Gasteiger partial charge in [-0.3, -0.25) is 14.9 Å². The van der Waals surface area contributed by atoms with E-state index in [0.717, 1.165) is 27.9 Å². The van der Waals surface area contributed by atoms with Crippen LogP contribution in [0.5, 0.6) is 0 Å². The van der Waals surface area contributed by atoms with Crippen molar-refractivity contribution in [1.29, 1.82) is 0 Å². The Morgan fingerprint density at radius 2 is 1.86 bits per heavy atom. The second kappa shape index (κ2) is 6.98. The third kappa shape index (κ3) is 2.97. The van der Waals surface area contributed by atoms with Crippen molar-refractivity contribution in [2.45, 2.75) is 13.5 Å². The molecule has 140 valence electrons. The summed E-state index contributed by atoms with van der Waals surface area (Å²) in [7, 11) is 0. The molecular formula is C21H16ClN3O3. The Balaban J connectivity index is 1.82. The molecule has 0 saturated carbocycles. The predicted octanol–water partition coefficient (Wildman–Crippen LogP) is 3.98. The summed E-state index contributed by atoms with van der Waals surface area (Å²) >= 11 is 5.98. The number of nitrogens with zero attached hydrogens (tertiary/aromatic N) is 2. The van der Waals surface area contributed by atoms with Gasteiger partial charge in [0.05, 0.1) is 5.69 Å². The molecule has 0 radical (unpaired) electrons. The Bertz CT molecular complexity index is 1160. The zero-order valence-corrected chi connectivity index (χ0v) is 15.7. The van der Waals surface area contributed by atoms with Crippen LogP contribution in [0.1, 0.15) is 12.5 Å². The Hall–Kier alpha value is -3.38. The minimum absolute atomic E-state index is 0.112. The summed E-state index contributed by atoms with van der Waals surface area (Å²) in [5, 5.41) is 3.53. The van der Waals surface area contributed by atoms with Crippen LogP contribution in [0.2, 0.25) is 5.02 Å². The van der Waals surface area contributed by atoms with E-state index in [1.54, 1.807) is 18.2 Å². The lowest BCUT2D eigenvalue weighted by molar-refractivity contribution is -0.122. The number of benzene rings is 2. The number of aryl methyl sites for hydroxylation is 1. The number of urea groups is 1. The smallest absolute Gasteiger partial charge is 0.335 e. The summed E-state index contributed by atoms with van der Waals surface area (Å²) in [4.78, 5) is 38.6. The van der Waals surface area contributed by atoms with Crippen LogP contribution in [-0.2, 0) is 16.1 Å². The molecule has 6 nitrogen and oxygen atoms in total. The summed E-state index contributed by atoms with van der Waals surface area (Å²) in [6, 6.07) is 13.3. The molecule has 0 unspecified atom stereocenters. The van der Waals surface area contributed by atoms with Crippen LogP contribution in [0.4, 0.5) is 10.5 Å². The third-order valence-corrected chi connectivity index (χ3v) is 4.86. The molecule has 4 rings (SSSR count). The van der Waals surface area contributed by atoms with Crippen molar-refractivity contribution < 1.29 is 14.4 Å². The third-order valence-electron chi connectivity index (χ3n) is 4.63. The topological polar surface area (TPSA) is 71.4 Å². The number of carbonyl (C=O) groups excluding carboxylic acids is 3. The van der Waals surface area contributed by atoms with E-state index in [0.29, 0.717) is 10.7 Å². The lowest BCUT2D eigenvalue weighted by atomic mass is 10.1. The van der Waals surface area contributed by atoms with Crippen LogP contribution in [0.25, 0.3) is 17.0 Å². The molecular weight excluding hydrogens is 378 g/mol. The highest BCUT2D eigenvalue weighted by Crippen LogP contribution is 2.27. The first-order chi connectivity index (χ1) is 13.5. The molecule has 0 atom stereocenters. The van der Waals surface area contributed by atoms with Gasteiger partial charge in [-0.1, -0.05) is 35.9 Å². The number of fused-ring (bicyclic) bond motifs is 1. The van der Waals surface area contributed by atoms with Gasteiger partial charge in [-0.15, -0.1) is 0 Å². The first-order valence-electron chi connectivity index (χ1n) is 8.74. The minimum Gasteiger partial charge on any atom is -0.347 e. The molecule has 0 bridgehead atoms. The zero-order valence-electron chi connectivity index (χ0n) is 15.0. The van der Waals surface area contributed by atoms with Crippen molar-refractivity contribution in [3.05, 3.63) is 70.9 Å². The van der Waals surface area contributed by atoms with Crippen LogP contribution in [0, 0.1) is 0 Å². The van der Waals surface area contributed by atoms with Gasteiger partial charge in [-0.25, -0.2) is 9.69 Å². The number of rotatable bonds is 3. The van der Waals surface area contributed by atoms with Crippen LogP contribution >= 0.6 is 11.6 Å². The van der Waals surface area contributed by atoms with Gasteiger partial charge < -0.3 is 4.57 Å². The molecule has 4 amide bonds. The maximum atomic E-state index is 13.0. The molecule has 1 aliphatic heterocycles. The summed E-state index contributed by atoms with van der Waals surface area (Å²) in [6.07, 6.45) is 3.41. The molecule has 1 saturated heterocycles. The number of hydrogen-bond donors (Lipinski definition) is 1. The van der Waals surface area contributed by atoms with Crippen molar-refractivity contribution >= 4 is 52.1 Å². The highest BCUT2D eigenvalue weighted by molar-refractivity contribution is 6.39. The maximum absolute atomic E-state index is 13.0. The Labute approximate surface area is 166 Å². The fraction of sp³-hybridized carbons (Fsp3) is 0.0952. The summed E-state index contributed by atoms with van der Waals surface area (Å²) in [5.41, 5.74) is 1.92. The molecule has 1 fully saturated rings. The summed E-state index contributed by atoms with van der Waals surface area (Å²) in [6.45, 7) is 2.76. The number of imide groups is 2. The van der Waals surface area contributed by atoms with Gasteiger partial charge in [0.1, 0.15) is 5.57 Å². The molecule has 2 heterocycles. The molecule has 1 N–H and O–H groups in total. The first kappa shape index (κ1) is 18.0. The highest BCUT2D eigenvalue weighted by atomic mass is 35.5. The fourth-order valence-corrected chi connectivity index (χ4v) is 3.50. The SMILES string of the molecule is CCn1cc(/C=C2/C(=O)NC(=O)N(c3cccc(Cl)c3)C2=O)c2ccccc21. The molecule has 2 aromatic carbocycles. The van der Waals surface area contributed by atoms with Gasteiger partial charge in [0.25, 0.3) is 11.8 Å². The lowest BCUT2D eigenvalue weighted by Gasteiger charge is -2.26. The number of halogens is 1. The Kier molecular flexibility index (Phi) is 4.49. The van der Waals surface area contributed by atoms with E-state index in [9.17, 15) is 14.4 Å². The van der Waals surface area contributed by atoms with E-state index < -0.39 is 17.8 Å². The Morgan fingerprint density at radius 1 is 1.07 bits per heavy atom. The van der Waals surface area contributed by atoms with Gasteiger partial charge in [0, 0.05) is 34.2 Å². The van der Waals surface area contributed by atoms with Gasteiger partial charge in [0.15, 0.2) is 0 Å². The quantitative estimate of drug-likeness (QED) is 0.540. The van der Waals surface area contributed by atoms with E-state index >= 15 is 0 Å². The second-order valence-corrected chi connectivity index (χ2v) is 6.76. The van der Waals surface area contributed by atoms with E-state index in [2.05, 4.69) is 5.32 Å². The first-order valence-corrected chi connectivity index (χ1v) is 9.12. The summed E-state index contributed by atoms with van der Waals surface area (Å²) < 4.78 is 2.03. The molecule has 3 aromatic rings. The lowest BCUT2D eigenvalue weighted by Crippen LogP contribution is -2.54. The van der Waals surface area contributed by atoms with Crippen molar-refractivity contribution in [3.63, 3.8) is 0 Å². The van der Waals surface area contributed by atoms with Crippen LogP contribution in [0.3, 0.4) is 0 Å². The monoisotopic (exact) mass is 393 g/mol. The van der Waals surface area contributed by atoms with Gasteiger partial charge in [-0.05, 0) is 37.3 Å². The largest absolute Gasteiger partial charge is 0.347 e. The number of amides is 4. The highest BCUT2D eigenvalue weighted by Gasteiger charge is 2.37. The number of anilines is 1. The van der Waals surface area contributed by atoms with Crippen molar-refractivity contribution in [1.82, 2.24) is 9.88 Å². The van der Waals surface area contributed by atoms with Gasteiger partial charge in [-0.2, -0.15) is 0 Å². The van der Waals surface area contributed by atoms with Gasteiger partial charge in [0.2, 0.25) is 0 Å². The van der Waals surface area contributed by atoms with Crippen molar-refractivity contribution in [3.8, 4) is 0 Å². The second-order valence-electron chi connectivity index (χ2n) is 6.33. The normalized spacial score (nSPS) is 16.1. The van der Waals surface area contributed by atoms with Crippen molar-refractivity contribution in [2.24, 2.45) is 0 Å². The number of para-hydroxylation sites is 1. The molecule has 7 heteroatoms. The van der Waals surface area contributed by atoms with E-state index in [4.69, 9.17) is 11.6 Å². The molecule has 0 aliphatic carbocycles. The van der Waals surface area contributed by atoms with Crippen LogP contribution in [0.15, 0.2) is 60.3 Å². The standard InChI is InChI=1S/C21H16ClN3O3/c1-2-24-12-13(16-8-3-4-9-18(16)24)10-17-19(26)23-21(28)25(20(17)27)15-7-5-6-14(22)11-15/h3-12H,2H2,1H3,(H,23,26,28)/b17-10-. The predicted molar refractivity (Wildman–Crippen MR) is 108 cm³/mol. The zero-order chi connectivity index (χ0) is 19.8. The molecule has 1 aliphatic rings. The van der Waals surface area contributed by atoms with Gasteiger partial charge >= 0.3 is 6.03 Å². The van der Waals surface area contributed by atoms with E-state index in [1.807, 2.05) is 42.0 Å². The van der Waals surface area contributed by atoms with E-state index in [1.165, 1.54) is 12.1 Å². The number of aromatic nitrogens is 1. The number of carbonyl (C=O) groups is 3. The Morgan fingerprint density at radius 3 is 2.61 bits per heavy atom. The molecule has 1 aromatic heterocycles. The molecule has 28 heavy (non-hydrogen) atoms. The maximum Gasteiger partial charge on any atom is 0.335 e. The number of hydrogen-bond acceptors (Lipinski definition) is 3. The average Bonchev–Trinajstić information content (AvgIpc) is 3.03. The molecule has 0 spiro atoms. The van der Waals surface area contributed by atoms with Crippen LogP contribution in [-0.4, -0.2) is 22.4 Å². The van der Waals surface area contributed by atoms with E-state index in [-0.39, 0.29) is 5.57 Å². The van der Waals surface area contributed by atoms with Crippen LogP contribution < -0.4 is 10.2 Å². The fourth-order valence-electron chi connectivity index (χ4n) is 3.31. The number of nitrogens with one attached hydrogen (secondary N) is 1. The van der Waals surface area contributed by atoms with Crippen molar-refractivity contribution in [2.75, 3.05) is 4.90 Å². The number of barbiturate groups is 1. The minimum atomic E-state index is -0.801. The summed E-state index contributed by atoms with van der Waals surface area (Å²) in [5.74, 6) is -1.41.